The van der Waals surface area contributed by atoms with Crippen LogP contribution in [0, 0.1) is 11.8 Å². The smallest absolute Gasteiger partial charge is 0.393 e. The molecule has 1 rings (SSSR count). The van der Waals surface area contributed by atoms with Crippen LogP contribution in [0.25, 0.3) is 0 Å². The van der Waals surface area contributed by atoms with E-state index >= 15 is 0 Å². The molecule has 6 atom stereocenters. The van der Waals surface area contributed by atoms with Crippen LogP contribution < -0.4 is 0 Å². The topological polar surface area (TPSA) is 49.7 Å². The number of rotatable bonds is 14. The van der Waals surface area contributed by atoms with Crippen molar-refractivity contribution >= 4 is 9.04 Å². The highest BCUT2D eigenvalue weighted by atomic mass is 28.3. The van der Waals surface area contributed by atoms with Crippen molar-refractivity contribution < 1.29 is 19.0 Å². The fourth-order valence-corrected chi connectivity index (χ4v) is 5.03. The van der Waals surface area contributed by atoms with E-state index in [1.165, 1.54) is 12.8 Å². The fourth-order valence-electron chi connectivity index (χ4n) is 4.16. The molecular weight excluding hydrogens is 359 g/mol. The summed E-state index contributed by atoms with van der Waals surface area (Å²) in [7, 11) is -0.970. The Bertz CT molecular complexity index is 405. The Morgan fingerprint density at radius 1 is 1.04 bits per heavy atom. The highest BCUT2D eigenvalue weighted by Crippen LogP contribution is 2.39. The Morgan fingerprint density at radius 2 is 1.70 bits per heavy atom. The molecule has 1 aliphatic rings. The maximum Gasteiger partial charge on any atom is 0.467 e. The van der Waals surface area contributed by atoms with E-state index in [2.05, 4.69) is 26.0 Å². The quantitative estimate of drug-likeness (QED) is 0.232. The number of aliphatic hydroxyl groups is 2. The largest absolute Gasteiger partial charge is 0.467 e. The van der Waals surface area contributed by atoms with Gasteiger partial charge >= 0.3 is 9.04 Å². The third kappa shape index (κ3) is 9.20. The van der Waals surface area contributed by atoms with E-state index in [1.807, 2.05) is 13.1 Å². The molecule has 0 aromatic rings. The molecule has 0 bridgehead atoms. The molecule has 0 aromatic heterocycles. The van der Waals surface area contributed by atoms with Gasteiger partial charge in [-0.3, -0.25) is 0 Å². The summed E-state index contributed by atoms with van der Waals surface area (Å²) in [5, 5.41) is 20.8. The Labute approximate surface area is 168 Å². The van der Waals surface area contributed by atoms with Crippen molar-refractivity contribution in [2.24, 2.45) is 11.8 Å². The molecule has 1 aliphatic carbocycles. The molecule has 0 aromatic carbocycles. The van der Waals surface area contributed by atoms with E-state index in [-0.39, 0.29) is 17.9 Å². The van der Waals surface area contributed by atoms with Crippen molar-refractivity contribution in [2.45, 2.75) is 116 Å². The van der Waals surface area contributed by atoms with Crippen molar-refractivity contribution in [1.82, 2.24) is 0 Å². The first-order valence-corrected chi connectivity index (χ1v) is 13.4. The maximum atomic E-state index is 14.6. The van der Waals surface area contributed by atoms with Crippen LogP contribution in [-0.4, -0.2) is 43.7 Å². The summed E-state index contributed by atoms with van der Waals surface area (Å²) in [6, 6.07) is 0. The Kier molecular flexibility index (Phi) is 12.7. The van der Waals surface area contributed by atoms with Gasteiger partial charge in [0.05, 0.1) is 25.3 Å². The summed E-state index contributed by atoms with van der Waals surface area (Å²) in [6.45, 7) is 8.34. The van der Waals surface area contributed by atoms with Gasteiger partial charge in [0.2, 0.25) is 0 Å². The van der Waals surface area contributed by atoms with Gasteiger partial charge in [-0.25, -0.2) is 8.82 Å². The zero-order chi connectivity index (χ0) is 20.2. The number of alkyl halides is 1. The summed E-state index contributed by atoms with van der Waals surface area (Å²) in [6.07, 6.45) is 10.5. The Balaban J connectivity index is 2.62. The SMILES string of the molecule is CCCC/C=C\CC1C(O)CC(O)[C@@H]1CCC(O[Si+](C)C)C(F)CCCC. The lowest BCUT2D eigenvalue weighted by Crippen LogP contribution is -2.32. The third-order valence-corrected chi connectivity index (χ3v) is 6.50. The van der Waals surface area contributed by atoms with Crippen LogP contribution in [0.15, 0.2) is 12.2 Å². The van der Waals surface area contributed by atoms with Crippen LogP contribution >= 0.6 is 0 Å². The van der Waals surface area contributed by atoms with E-state index in [0.29, 0.717) is 19.3 Å². The highest BCUT2D eigenvalue weighted by molar-refractivity contribution is 6.48. The Morgan fingerprint density at radius 3 is 2.33 bits per heavy atom. The van der Waals surface area contributed by atoms with Gasteiger partial charge in [0.25, 0.3) is 0 Å². The van der Waals surface area contributed by atoms with Crippen LogP contribution in [0.1, 0.15) is 78.1 Å². The molecule has 0 saturated heterocycles. The van der Waals surface area contributed by atoms with Crippen molar-refractivity contribution in [2.75, 3.05) is 0 Å². The lowest BCUT2D eigenvalue weighted by atomic mass is 9.85. The van der Waals surface area contributed by atoms with E-state index in [0.717, 1.165) is 32.1 Å². The zero-order valence-corrected chi connectivity index (χ0v) is 18.9. The monoisotopic (exact) mass is 401 g/mol. The predicted molar refractivity (Wildman–Crippen MR) is 113 cm³/mol. The van der Waals surface area contributed by atoms with Gasteiger partial charge in [-0.1, -0.05) is 51.7 Å². The van der Waals surface area contributed by atoms with Gasteiger partial charge in [-0.15, -0.1) is 0 Å². The average molecular weight is 402 g/mol. The third-order valence-electron chi connectivity index (χ3n) is 5.73. The molecule has 2 N–H and O–H groups in total. The van der Waals surface area contributed by atoms with Gasteiger partial charge < -0.3 is 10.2 Å². The molecule has 5 unspecified atom stereocenters. The summed E-state index contributed by atoms with van der Waals surface area (Å²) >= 11 is 0. The molecule has 158 valence electrons. The van der Waals surface area contributed by atoms with Crippen LogP contribution in [0.4, 0.5) is 4.39 Å². The minimum Gasteiger partial charge on any atom is -0.393 e. The highest BCUT2D eigenvalue weighted by Gasteiger charge is 2.41. The summed E-state index contributed by atoms with van der Waals surface area (Å²) in [5.41, 5.74) is 0. The van der Waals surface area contributed by atoms with Crippen LogP contribution in [0.5, 0.6) is 0 Å². The van der Waals surface area contributed by atoms with E-state index in [4.69, 9.17) is 4.43 Å². The van der Waals surface area contributed by atoms with Gasteiger partial charge in [0.1, 0.15) is 12.3 Å². The van der Waals surface area contributed by atoms with Gasteiger partial charge in [0, 0.05) is 0 Å². The maximum absolute atomic E-state index is 14.6. The van der Waals surface area contributed by atoms with Gasteiger partial charge in [0.15, 0.2) is 0 Å². The van der Waals surface area contributed by atoms with Crippen molar-refractivity contribution in [3.05, 3.63) is 12.2 Å². The molecule has 0 heterocycles. The number of aliphatic hydroxyl groups excluding tert-OH is 2. The van der Waals surface area contributed by atoms with Crippen molar-refractivity contribution in [1.29, 1.82) is 0 Å². The molecule has 0 spiro atoms. The average Bonchev–Trinajstić information content (AvgIpc) is 2.89. The summed E-state index contributed by atoms with van der Waals surface area (Å²) < 4.78 is 20.6. The molecule has 1 saturated carbocycles. The standard InChI is InChI=1S/C22H42FO3Si/c1-5-7-9-10-11-12-17-18(21(25)16-20(17)24)14-15-22(26-27(3)4)19(23)13-8-6-2/h10-11,17-22,24-25H,5-9,12-16H2,1-4H3/q+1/b11-10-/t17?,18-,19?,20?,21?,22?/m1/s1. The number of unbranched alkanes of at least 4 members (excludes halogenated alkanes) is 3. The Hall–Kier alpha value is -0.233. The number of halogens is 1. The first-order chi connectivity index (χ1) is 12.9. The molecule has 1 fully saturated rings. The first-order valence-electron chi connectivity index (χ1n) is 11.0. The second-order valence-corrected chi connectivity index (χ2v) is 10.4. The second-order valence-electron chi connectivity index (χ2n) is 8.35. The van der Waals surface area contributed by atoms with E-state index in [9.17, 15) is 14.6 Å². The summed E-state index contributed by atoms with van der Waals surface area (Å²) in [5.74, 6) is 0.102. The van der Waals surface area contributed by atoms with Gasteiger partial charge in [-0.05, 0) is 50.4 Å². The minimum atomic E-state index is -0.970. The molecule has 5 heteroatoms. The van der Waals surface area contributed by atoms with Crippen LogP contribution in [0.2, 0.25) is 13.1 Å². The van der Waals surface area contributed by atoms with Crippen LogP contribution in [0.3, 0.4) is 0 Å². The number of hydrogen-bond donors (Lipinski definition) is 2. The second kappa shape index (κ2) is 13.9. The lowest BCUT2D eigenvalue weighted by Gasteiger charge is -2.25. The minimum absolute atomic E-state index is 0.0321. The fraction of sp³-hybridized carbons (Fsp3) is 0.909. The number of allylic oxidation sites excluding steroid dienone is 2. The van der Waals surface area contributed by atoms with E-state index in [1.54, 1.807) is 0 Å². The summed E-state index contributed by atoms with van der Waals surface area (Å²) in [4.78, 5) is 0. The molecule has 0 radical (unpaired) electrons. The normalized spacial score (nSPS) is 28.0. The lowest BCUT2D eigenvalue weighted by molar-refractivity contribution is 0.0580. The zero-order valence-electron chi connectivity index (χ0n) is 17.9. The van der Waals surface area contributed by atoms with Crippen LogP contribution in [-0.2, 0) is 4.43 Å². The molecule has 0 aliphatic heterocycles. The molecular formula is C22H42FO3Si+. The number of hydrogen-bond acceptors (Lipinski definition) is 3. The first kappa shape index (κ1) is 24.8. The van der Waals surface area contributed by atoms with Crippen molar-refractivity contribution in [3.8, 4) is 0 Å². The van der Waals surface area contributed by atoms with Gasteiger partial charge in [-0.2, -0.15) is 0 Å². The van der Waals surface area contributed by atoms with Crippen molar-refractivity contribution in [3.63, 3.8) is 0 Å². The predicted octanol–water partition coefficient (Wildman–Crippen LogP) is 5.43. The molecule has 3 nitrogen and oxygen atoms in total. The molecule has 0 amide bonds. The molecule has 27 heavy (non-hydrogen) atoms. The van der Waals surface area contributed by atoms with E-state index < -0.39 is 27.4 Å².